The average Bonchev–Trinajstić information content (AvgIpc) is 3.26. The number of halogens is 1. The second-order valence-electron chi connectivity index (χ2n) is 5.95. The third-order valence-electron chi connectivity index (χ3n) is 4.10. The maximum absolute atomic E-state index is 14.8. The third kappa shape index (κ3) is 3.51. The van der Waals surface area contributed by atoms with E-state index in [1.54, 1.807) is 19.2 Å². The lowest BCUT2D eigenvalue weighted by Crippen LogP contribution is -2.11. The highest BCUT2D eigenvalue weighted by molar-refractivity contribution is 5.97. The molecular formula is C19H20FN3O4. The number of carbonyl (C=O) groups is 1. The molecule has 0 aliphatic rings. The molecule has 142 valence electrons. The number of rotatable bonds is 6. The Bertz CT molecular complexity index is 1010. The van der Waals surface area contributed by atoms with E-state index in [0.29, 0.717) is 29.1 Å². The molecule has 0 bridgehead atoms. The summed E-state index contributed by atoms with van der Waals surface area (Å²) in [6, 6.07) is 4.32. The van der Waals surface area contributed by atoms with Gasteiger partial charge in [-0.2, -0.15) is 0 Å². The fourth-order valence-corrected chi connectivity index (χ4v) is 2.68. The zero-order chi connectivity index (χ0) is 19.6. The minimum Gasteiger partial charge on any atom is -0.492 e. The molecule has 7 nitrogen and oxygen atoms in total. The van der Waals surface area contributed by atoms with Crippen LogP contribution in [0.4, 0.5) is 4.39 Å². The second kappa shape index (κ2) is 7.53. The molecule has 2 aromatic heterocycles. The van der Waals surface area contributed by atoms with Crippen LogP contribution in [0.1, 0.15) is 35.1 Å². The lowest BCUT2D eigenvalue weighted by Gasteiger charge is -2.09. The normalized spacial score (nSPS) is 10.8. The van der Waals surface area contributed by atoms with Crippen molar-refractivity contribution in [3.05, 3.63) is 47.2 Å². The number of esters is 1. The number of fused-ring (bicyclic) bond motifs is 1. The molecule has 1 aromatic carbocycles. The van der Waals surface area contributed by atoms with Crippen molar-refractivity contribution in [2.24, 2.45) is 0 Å². The van der Waals surface area contributed by atoms with E-state index in [4.69, 9.17) is 14.9 Å². The van der Waals surface area contributed by atoms with Gasteiger partial charge in [0.05, 0.1) is 13.7 Å². The summed E-state index contributed by atoms with van der Waals surface area (Å²) in [6.45, 7) is 4.36. The van der Waals surface area contributed by atoms with E-state index >= 15 is 0 Å². The molecule has 0 radical (unpaired) electrons. The molecule has 3 rings (SSSR count). The molecule has 0 fully saturated rings. The summed E-state index contributed by atoms with van der Waals surface area (Å²) >= 11 is 0. The minimum atomic E-state index is -0.671. The van der Waals surface area contributed by atoms with Gasteiger partial charge in [-0.1, -0.05) is 6.92 Å². The topological polar surface area (TPSA) is 100 Å². The first kappa shape index (κ1) is 18.5. The summed E-state index contributed by atoms with van der Waals surface area (Å²) in [5.74, 6) is -0.990. The highest BCUT2D eigenvalue weighted by Gasteiger charge is 2.19. The van der Waals surface area contributed by atoms with Gasteiger partial charge in [0.25, 0.3) is 0 Å². The number of carbonyl (C=O) groups excluding carboxylic acids is 1. The SMILES string of the molecule is CCCOc1c[nH]c(C(=N)Oc2ccc3[nH]c(C(=O)OC)cc3c2F)c1C. The highest BCUT2D eigenvalue weighted by atomic mass is 19.1. The molecule has 27 heavy (non-hydrogen) atoms. The number of benzene rings is 1. The van der Waals surface area contributed by atoms with E-state index in [1.807, 2.05) is 6.92 Å². The minimum absolute atomic E-state index is 0.118. The van der Waals surface area contributed by atoms with E-state index in [2.05, 4.69) is 14.7 Å². The zero-order valence-electron chi connectivity index (χ0n) is 15.2. The number of hydrogen-bond donors (Lipinski definition) is 3. The first-order valence-electron chi connectivity index (χ1n) is 8.43. The predicted molar refractivity (Wildman–Crippen MR) is 98.4 cm³/mol. The predicted octanol–water partition coefficient (Wildman–Crippen LogP) is 3.92. The van der Waals surface area contributed by atoms with Crippen molar-refractivity contribution >= 4 is 22.8 Å². The number of methoxy groups -OCH3 is 1. The number of H-pyrrole nitrogens is 2. The number of aromatic amines is 2. The highest BCUT2D eigenvalue weighted by Crippen LogP contribution is 2.29. The van der Waals surface area contributed by atoms with Crippen molar-refractivity contribution < 1.29 is 23.4 Å². The van der Waals surface area contributed by atoms with Gasteiger partial charge in [-0.05, 0) is 31.5 Å². The summed E-state index contributed by atoms with van der Waals surface area (Å²) in [5, 5.41) is 8.33. The largest absolute Gasteiger partial charge is 0.492 e. The summed E-state index contributed by atoms with van der Waals surface area (Å²) in [7, 11) is 1.25. The molecule has 8 heteroatoms. The monoisotopic (exact) mass is 373 g/mol. The van der Waals surface area contributed by atoms with E-state index in [-0.39, 0.29) is 22.7 Å². The number of hydrogen-bond acceptors (Lipinski definition) is 5. The van der Waals surface area contributed by atoms with Gasteiger partial charge in [-0.3, -0.25) is 5.41 Å². The van der Waals surface area contributed by atoms with E-state index in [0.717, 1.165) is 6.42 Å². The van der Waals surface area contributed by atoms with Crippen LogP contribution in [0, 0.1) is 18.2 Å². The first-order valence-corrected chi connectivity index (χ1v) is 8.43. The van der Waals surface area contributed by atoms with E-state index in [1.165, 1.54) is 19.2 Å². The number of nitrogens with one attached hydrogen (secondary N) is 3. The maximum Gasteiger partial charge on any atom is 0.354 e. The third-order valence-corrected chi connectivity index (χ3v) is 4.10. The van der Waals surface area contributed by atoms with Crippen LogP contribution in [-0.2, 0) is 4.74 Å². The summed E-state index contributed by atoms with van der Waals surface area (Å²) in [5.41, 5.74) is 1.68. The molecule has 0 saturated carbocycles. The van der Waals surface area contributed by atoms with Crippen molar-refractivity contribution in [2.75, 3.05) is 13.7 Å². The maximum atomic E-state index is 14.8. The van der Waals surface area contributed by atoms with E-state index < -0.39 is 11.8 Å². The quantitative estimate of drug-likeness (QED) is 0.346. The van der Waals surface area contributed by atoms with Gasteiger partial charge in [0, 0.05) is 22.7 Å². The molecule has 0 atom stereocenters. The molecule has 0 unspecified atom stereocenters. The summed E-state index contributed by atoms with van der Waals surface area (Å²) in [6.07, 6.45) is 2.51. The Kier molecular flexibility index (Phi) is 5.16. The van der Waals surface area contributed by atoms with Gasteiger partial charge in [0.15, 0.2) is 11.6 Å². The molecule has 0 spiro atoms. The van der Waals surface area contributed by atoms with Crippen molar-refractivity contribution in [2.45, 2.75) is 20.3 Å². The van der Waals surface area contributed by atoms with Gasteiger partial charge in [-0.15, -0.1) is 0 Å². The zero-order valence-corrected chi connectivity index (χ0v) is 15.2. The second-order valence-corrected chi connectivity index (χ2v) is 5.95. The van der Waals surface area contributed by atoms with Crippen molar-refractivity contribution in [3.63, 3.8) is 0 Å². The van der Waals surface area contributed by atoms with Crippen molar-refractivity contribution in [1.29, 1.82) is 5.41 Å². The van der Waals surface area contributed by atoms with Crippen LogP contribution in [0.2, 0.25) is 0 Å². The van der Waals surface area contributed by atoms with Crippen LogP contribution in [0.25, 0.3) is 10.9 Å². The van der Waals surface area contributed by atoms with Crippen LogP contribution in [0.3, 0.4) is 0 Å². The van der Waals surface area contributed by atoms with Crippen LogP contribution < -0.4 is 9.47 Å². The Hall–Kier alpha value is -3.29. The van der Waals surface area contributed by atoms with Gasteiger partial charge < -0.3 is 24.2 Å². The van der Waals surface area contributed by atoms with Crippen LogP contribution in [0.5, 0.6) is 11.5 Å². The van der Waals surface area contributed by atoms with Gasteiger partial charge in [0.2, 0.25) is 5.90 Å². The molecule has 0 aliphatic heterocycles. The van der Waals surface area contributed by atoms with Gasteiger partial charge >= 0.3 is 5.97 Å². The van der Waals surface area contributed by atoms with Gasteiger partial charge in [-0.25, -0.2) is 9.18 Å². The standard InChI is InChI=1S/C19H20FN3O4/c1-4-7-26-15-9-22-17(10(15)2)18(21)27-14-6-5-12-11(16(14)20)8-13(23-12)19(24)25-3/h5-6,8-9,21-23H,4,7H2,1-3H3. The summed E-state index contributed by atoms with van der Waals surface area (Å²) in [4.78, 5) is 17.3. The molecule has 3 aromatic rings. The Morgan fingerprint density at radius 2 is 2.07 bits per heavy atom. The van der Waals surface area contributed by atoms with Crippen molar-refractivity contribution in [3.8, 4) is 11.5 Å². The molecular weight excluding hydrogens is 353 g/mol. The van der Waals surface area contributed by atoms with Crippen molar-refractivity contribution in [1.82, 2.24) is 9.97 Å². The first-order chi connectivity index (χ1) is 13.0. The van der Waals surface area contributed by atoms with Crippen LogP contribution in [-0.4, -0.2) is 35.6 Å². The Labute approximate surface area is 154 Å². The molecule has 0 saturated heterocycles. The molecule has 2 heterocycles. The fraction of sp³-hybridized carbons (Fsp3) is 0.263. The molecule has 0 amide bonds. The Morgan fingerprint density at radius 3 is 2.78 bits per heavy atom. The van der Waals surface area contributed by atoms with Gasteiger partial charge in [0.1, 0.15) is 17.1 Å². The smallest absolute Gasteiger partial charge is 0.354 e. The van der Waals surface area contributed by atoms with E-state index in [9.17, 15) is 9.18 Å². The lowest BCUT2D eigenvalue weighted by molar-refractivity contribution is 0.0595. The number of ether oxygens (including phenoxy) is 3. The lowest BCUT2D eigenvalue weighted by atomic mass is 10.2. The number of aromatic nitrogens is 2. The van der Waals surface area contributed by atoms with Crippen LogP contribution in [0.15, 0.2) is 24.4 Å². The molecule has 3 N–H and O–H groups in total. The molecule has 0 aliphatic carbocycles. The van der Waals surface area contributed by atoms with Crippen LogP contribution >= 0.6 is 0 Å². The fourth-order valence-electron chi connectivity index (χ4n) is 2.68. The Morgan fingerprint density at radius 1 is 1.30 bits per heavy atom. The Balaban J connectivity index is 1.86. The average molecular weight is 373 g/mol. The summed E-state index contributed by atoms with van der Waals surface area (Å²) < 4.78 is 30.4.